The zero-order valence-electron chi connectivity index (χ0n) is 12.6. The van der Waals surface area contributed by atoms with E-state index in [0.717, 1.165) is 16.1 Å². The minimum Gasteiger partial charge on any atom is -0.375 e. The van der Waals surface area contributed by atoms with Crippen LogP contribution in [0.1, 0.15) is 28.5 Å². The molecule has 0 saturated carbocycles. The van der Waals surface area contributed by atoms with E-state index in [1.807, 2.05) is 18.2 Å². The Bertz CT molecular complexity index is 877. The first-order valence-corrected chi connectivity index (χ1v) is 8.27. The molecular formula is C16H14N6OS. The molecule has 1 atom stereocenters. The third-order valence-corrected chi connectivity index (χ3v) is 4.91. The van der Waals surface area contributed by atoms with Crippen LogP contribution in [0.3, 0.4) is 0 Å². The minimum absolute atomic E-state index is 0.0161. The van der Waals surface area contributed by atoms with Crippen LogP contribution in [0, 0.1) is 0 Å². The monoisotopic (exact) mass is 338 g/mol. The van der Waals surface area contributed by atoms with Gasteiger partial charge in [0.1, 0.15) is 5.69 Å². The highest BCUT2D eigenvalue weighted by Gasteiger charge is 2.28. The number of carbonyl (C=O) groups is 1. The highest BCUT2D eigenvalue weighted by Crippen LogP contribution is 2.36. The van der Waals surface area contributed by atoms with Crippen molar-refractivity contribution in [3.8, 4) is 11.5 Å². The molecule has 1 aliphatic heterocycles. The van der Waals surface area contributed by atoms with Crippen LogP contribution < -0.4 is 11.1 Å². The molecule has 0 aliphatic carbocycles. The predicted octanol–water partition coefficient (Wildman–Crippen LogP) is 1.73. The lowest BCUT2D eigenvalue weighted by molar-refractivity contribution is -0.121. The van der Waals surface area contributed by atoms with E-state index in [-0.39, 0.29) is 11.8 Å². The number of nitrogens with two attached hydrogens (primary N) is 1. The second kappa shape index (κ2) is 5.97. The van der Waals surface area contributed by atoms with E-state index in [1.165, 1.54) is 11.3 Å². The first-order chi connectivity index (χ1) is 11.7. The molecule has 1 amide bonds. The summed E-state index contributed by atoms with van der Waals surface area (Å²) in [6.07, 6.45) is 5.54. The summed E-state index contributed by atoms with van der Waals surface area (Å²) < 4.78 is 0. The number of anilines is 1. The summed E-state index contributed by atoms with van der Waals surface area (Å²) in [5, 5.41) is 3.36. The van der Waals surface area contributed by atoms with Gasteiger partial charge in [-0.05, 0) is 17.7 Å². The van der Waals surface area contributed by atoms with E-state index in [1.54, 1.807) is 18.6 Å². The number of amides is 1. The van der Waals surface area contributed by atoms with Crippen LogP contribution in [0.25, 0.3) is 11.5 Å². The Morgan fingerprint density at radius 1 is 1.21 bits per heavy atom. The number of nitrogens with one attached hydrogen (secondary N) is 1. The highest BCUT2D eigenvalue weighted by atomic mass is 32.1. The lowest BCUT2D eigenvalue weighted by Crippen LogP contribution is -2.21. The van der Waals surface area contributed by atoms with Crippen LogP contribution >= 0.6 is 11.3 Å². The molecule has 7 nitrogen and oxygen atoms in total. The van der Waals surface area contributed by atoms with E-state index < -0.39 is 0 Å². The summed E-state index contributed by atoms with van der Waals surface area (Å²) in [7, 11) is 0. The second-order valence-electron chi connectivity index (χ2n) is 5.45. The molecule has 4 rings (SSSR count). The molecule has 120 valence electrons. The van der Waals surface area contributed by atoms with Gasteiger partial charge in [0.2, 0.25) is 5.91 Å². The molecule has 0 aromatic carbocycles. The van der Waals surface area contributed by atoms with Gasteiger partial charge in [-0.3, -0.25) is 9.78 Å². The summed E-state index contributed by atoms with van der Waals surface area (Å²) in [5.74, 6) is 0.411. The van der Waals surface area contributed by atoms with Crippen LogP contribution in [0.15, 0.2) is 36.8 Å². The van der Waals surface area contributed by atoms with Crippen molar-refractivity contribution in [1.29, 1.82) is 0 Å². The van der Waals surface area contributed by atoms with Crippen LogP contribution in [0.2, 0.25) is 0 Å². The summed E-state index contributed by atoms with van der Waals surface area (Å²) in [6.45, 7) is 0.408. The second-order valence-corrected chi connectivity index (χ2v) is 6.51. The Hall–Kier alpha value is -2.87. The number of thiazole rings is 1. The Kier molecular flexibility index (Phi) is 3.66. The molecule has 0 radical (unpaired) electrons. The van der Waals surface area contributed by atoms with Crippen molar-refractivity contribution in [3.63, 3.8) is 0 Å². The number of hydrogen-bond donors (Lipinski definition) is 2. The Morgan fingerprint density at radius 3 is 2.79 bits per heavy atom. The van der Waals surface area contributed by atoms with Gasteiger partial charge in [0, 0.05) is 35.8 Å². The summed E-state index contributed by atoms with van der Waals surface area (Å²) in [4.78, 5) is 30.4. The largest absolute Gasteiger partial charge is 0.375 e. The number of nitrogen functional groups attached to an aromatic ring is 1. The molecule has 3 N–H and O–H groups in total. The maximum atomic E-state index is 12.0. The number of rotatable bonds is 2. The number of aromatic nitrogens is 4. The molecule has 0 spiro atoms. The van der Waals surface area contributed by atoms with Gasteiger partial charge in [-0.15, -0.1) is 11.3 Å². The van der Waals surface area contributed by atoms with Crippen molar-refractivity contribution >= 4 is 22.4 Å². The number of nitrogens with zero attached hydrogens (tertiary/aromatic N) is 4. The van der Waals surface area contributed by atoms with E-state index >= 15 is 0 Å². The van der Waals surface area contributed by atoms with Gasteiger partial charge in [0.05, 0.1) is 12.2 Å². The molecule has 0 bridgehead atoms. The number of hydrogen-bond acceptors (Lipinski definition) is 7. The summed E-state index contributed by atoms with van der Waals surface area (Å²) in [6, 6.07) is 5.59. The average molecular weight is 338 g/mol. The van der Waals surface area contributed by atoms with E-state index in [4.69, 9.17) is 5.73 Å². The first-order valence-electron chi connectivity index (χ1n) is 7.46. The fourth-order valence-corrected chi connectivity index (χ4v) is 3.71. The molecule has 24 heavy (non-hydrogen) atoms. The lowest BCUT2D eigenvalue weighted by Gasteiger charge is -2.13. The zero-order chi connectivity index (χ0) is 16.5. The fraction of sp³-hybridized carbons (Fsp3) is 0.188. The van der Waals surface area contributed by atoms with E-state index in [9.17, 15) is 4.79 Å². The van der Waals surface area contributed by atoms with Crippen LogP contribution in [-0.4, -0.2) is 25.8 Å². The van der Waals surface area contributed by atoms with Gasteiger partial charge in [0.15, 0.2) is 11.0 Å². The standard InChI is InChI=1S/C16H14N6OS/c17-16-22-12-8-19-13(23)5-10(14(12)24-16)9-6-20-15(21-7-9)11-3-1-2-4-18-11/h1-4,6-7,10H,5,8H2,(H2,17,22)(H,19,23)/t10-/m1/s1. The third-order valence-electron chi connectivity index (χ3n) is 3.87. The molecule has 8 heteroatoms. The maximum absolute atomic E-state index is 12.0. The van der Waals surface area contributed by atoms with Crippen molar-refractivity contribution in [1.82, 2.24) is 25.3 Å². The van der Waals surface area contributed by atoms with Crippen molar-refractivity contribution in [2.45, 2.75) is 18.9 Å². The minimum atomic E-state index is -0.130. The summed E-state index contributed by atoms with van der Waals surface area (Å²) in [5.41, 5.74) is 8.25. The highest BCUT2D eigenvalue weighted by molar-refractivity contribution is 7.15. The van der Waals surface area contributed by atoms with Crippen molar-refractivity contribution in [2.75, 3.05) is 5.73 Å². The number of pyridine rings is 1. The predicted molar refractivity (Wildman–Crippen MR) is 90.1 cm³/mol. The maximum Gasteiger partial charge on any atom is 0.221 e. The Labute approximate surface area is 142 Å². The third kappa shape index (κ3) is 2.71. The van der Waals surface area contributed by atoms with Gasteiger partial charge in [0.25, 0.3) is 0 Å². The molecule has 1 aliphatic rings. The fourth-order valence-electron chi connectivity index (χ4n) is 2.73. The SMILES string of the molecule is Nc1nc2c(s1)[C@@H](c1cnc(-c3ccccn3)nc1)CC(=O)NC2. The van der Waals surface area contributed by atoms with Crippen LogP contribution in [-0.2, 0) is 11.3 Å². The molecule has 0 unspecified atom stereocenters. The zero-order valence-corrected chi connectivity index (χ0v) is 13.5. The van der Waals surface area contributed by atoms with Crippen LogP contribution in [0.5, 0.6) is 0 Å². The van der Waals surface area contributed by atoms with Crippen molar-refractivity contribution in [2.24, 2.45) is 0 Å². The molecule has 4 heterocycles. The van der Waals surface area contributed by atoms with E-state index in [2.05, 4.69) is 25.3 Å². The van der Waals surface area contributed by atoms with Gasteiger partial charge in [-0.2, -0.15) is 0 Å². The topological polar surface area (TPSA) is 107 Å². The first kappa shape index (κ1) is 14.7. The lowest BCUT2D eigenvalue weighted by atomic mass is 9.96. The molecule has 0 saturated heterocycles. The quantitative estimate of drug-likeness (QED) is 0.737. The number of carbonyl (C=O) groups excluding carboxylic acids is 1. The van der Waals surface area contributed by atoms with Crippen LogP contribution in [0.4, 0.5) is 5.13 Å². The molecule has 0 fully saturated rings. The van der Waals surface area contributed by atoms with Gasteiger partial charge < -0.3 is 11.1 Å². The average Bonchev–Trinajstić information content (AvgIpc) is 2.92. The Balaban J connectivity index is 1.71. The van der Waals surface area contributed by atoms with Crippen molar-refractivity contribution in [3.05, 3.63) is 52.9 Å². The normalized spacial score (nSPS) is 17.0. The van der Waals surface area contributed by atoms with Gasteiger partial charge in [-0.1, -0.05) is 6.07 Å². The van der Waals surface area contributed by atoms with Gasteiger partial charge in [-0.25, -0.2) is 15.0 Å². The molecule has 3 aromatic heterocycles. The van der Waals surface area contributed by atoms with Gasteiger partial charge >= 0.3 is 0 Å². The Morgan fingerprint density at radius 2 is 2.04 bits per heavy atom. The van der Waals surface area contributed by atoms with Crippen molar-refractivity contribution < 1.29 is 4.79 Å². The number of fused-ring (bicyclic) bond motifs is 1. The smallest absolute Gasteiger partial charge is 0.221 e. The molecular weight excluding hydrogens is 324 g/mol. The summed E-state index contributed by atoms with van der Waals surface area (Å²) >= 11 is 1.42. The molecule has 3 aromatic rings. The van der Waals surface area contributed by atoms with E-state index in [0.29, 0.717) is 29.6 Å².